The number of aryl methyl sites for hydroxylation is 1. The lowest BCUT2D eigenvalue weighted by Crippen LogP contribution is -2.33. The summed E-state index contributed by atoms with van der Waals surface area (Å²) in [5.41, 5.74) is 0.176. The highest BCUT2D eigenvalue weighted by Crippen LogP contribution is 1.91. The number of pyridine rings is 1. The number of carbonyl (C=O) groups is 1. The van der Waals surface area contributed by atoms with Crippen LogP contribution in [0.15, 0.2) is 40.3 Å². The summed E-state index contributed by atoms with van der Waals surface area (Å²) in [6, 6.07) is 4.50. The highest BCUT2D eigenvalue weighted by Gasteiger charge is 2.08. The van der Waals surface area contributed by atoms with Gasteiger partial charge >= 0.3 is 0 Å². The van der Waals surface area contributed by atoms with Gasteiger partial charge in [0.1, 0.15) is 5.56 Å². The zero-order chi connectivity index (χ0) is 15.2. The summed E-state index contributed by atoms with van der Waals surface area (Å²) in [5, 5.41) is 2.60. The van der Waals surface area contributed by atoms with Crippen LogP contribution >= 0.6 is 0 Å². The lowest BCUT2D eigenvalue weighted by Gasteiger charge is -2.07. The number of hydrogen-bond acceptors (Lipinski definition) is 4. The Morgan fingerprint density at radius 2 is 2.24 bits per heavy atom. The Bertz CT molecular complexity index is 748. The Labute approximate surface area is 120 Å². The molecule has 0 aliphatic rings. The number of H-pyrrole nitrogens is 1. The molecule has 7 heteroatoms. The molecule has 0 aliphatic carbocycles. The van der Waals surface area contributed by atoms with E-state index in [4.69, 9.17) is 0 Å². The number of hydrogen-bond donors (Lipinski definition) is 2. The van der Waals surface area contributed by atoms with Crippen LogP contribution in [0.1, 0.15) is 23.0 Å². The van der Waals surface area contributed by atoms with Gasteiger partial charge < -0.3 is 10.3 Å². The first kappa shape index (κ1) is 14.7. The fraction of sp³-hybridized carbons (Fsp3) is 0.286. The number of nitrogens with one attached hydrogen (secondary N) is 2. The van der Waals surface area contributed by atoms with E-state index in [1.54, 1.807) is 6.07 Å². The van der Waals surface area contributed by atoms with Crippen molar-refractivity contribution in [3.05, 3.63) is 62.7 Å². The first-order valence-corrected chi connectivity index (χ1v) is 6.63. The van der Waals surface area contributed by atoms with E-state index in [1.807, 2.05) is 6.92 Å². The minimum Gasteiger partial charge on any atom is -0.350 e. The quantitative estimate of drug-likeness (QED) is 0.804. The fourth-order valence-electron chi connectivity index (χ4n) is 1.81. The van der Waals surface area contributed by atoms with Gasteiger partial charge in [0.05, 0.1) is 6.33 Å². The lowest BCUT2D eigenvalue weighted by molar-refractivity contribution is 0.0950. The van der Waals surface area contributed by atoms with E-state index in [9.17, 15) is 14.4 Å². The van der Waals surface area contributed by atoms with Gasteiger partial charge in [-0.05, 0) is 18.6 Å². The Morgan fingerprint density at radius 3 is 2.90 bits per heavy atom. The van der Waals surface area contributed by atoms with Crippen molar-refractivity contribution in [2.75, 3.05) is 6.54 Å². The SMILES string of the molecule is CCc1cc(=O)n(CCNC(=O)c2ccc[nH]c2=O)cn1. The van der Waals surface area contributed by atoms with Crippen molar-refractivity contribution < 1.29 is 4.79 Å². The number of aromatic nitrogens is 3. The molecular formula is C14H16N4O3. The van der Waals surface area contributed by atoms with Crippen molar-refractivity contribution in [2.24, 2.45) is 0 Å². The largest absolute Gasteiger partial charge is 0.350 e. The van der Waals surface area contributed by atoms with Crippen LogP contribution in [0, 0.1) is 0 Å². The second kappa shape index (κ2) is 6.65. The fourth-order valence-corrected chi connectivity index (χ4v) is 1.81. The van der Waals surface area contributed by atoms with E-state index >= 15 is 0 Å². The lowest BCUT2D eigenvalue weighted by atomic mass is 10.2. The molecule has 21 heavy (non-hydrogen) atoms. The monoisotopic (exact) mass is 288 g/mol. The molecule has 0 spiro atoms. The van der Waals surface area contributed by atoms with Crippen LogP contribution in [0.5, 0.6) is 0 Å². The van der Waals surface area contributed by atoms with Crippen LogP contribution < -0.4 is 16.4 Å². The smallest absolute Gasteiger partial charge is 0.260 e. The normalized spacial score (nSPS) is 10.3. The molecule has 2 N–H and O–H groups in total. The first-order valence-electron chi connectivity index (χ1n) is 6.63. The summed E-state index contributed by atoms with van der Waals surface area (Å²) in [6.07, 6.45) is 3.62. The summed E-state index contributed by atoms with van der Waals surface area (Å²) < 4.78 is 1.41. The predicted octanol–water partition coefficient (Wildman–Crippen LogP) is -0.0760. The average molecular weight is 288 g/mol. The Hall–Kier alpha value is -2.70. The molecule has 1 amide bonds. The maximum atomic E-state index is 11.8. The average Bonchev–Trinajstić information content (AvgIpc) is 2.49. The van der Waals surface area contributed by atoms with Crippen molar-refractivity contribution >= 4 is 5.91 Å². The van der Waals surface area contributed by atoms with Gasteiger partial charge in [-0.15, -0.1) is 0 Å². The van der Waals surface area contributed by atoms with Crippen molar-refractivity contribution in [1.82, 2.24) is 19.9 Å². The Morgan fingerprint density at radius 1 is 1.43 bits per heavy atom. The van der Waals surface area contributed by atoms with Crippen LogP contribution in [0.25, 0.3) is 0 Å². The summed E-state index contributed by atoms with van der Waals surface area (Å²) in [6.45, 7) is 2.45. The Kier molecular flexibility index (Phi) is 4.65. The van der Waals surface area contributed by atoms with Gasteiger partial charge in [-0.1, -0.05) is 6.92 Å². The predicted molar refractivity (Wildman–Crippen MR) is 77.3 cm³/mol. The zero-order valence-electron chi connectivity index (χ0n) is 11.6. The second-order valence-electron chi connectivity index (χ2n) is 4.43. The molecule has 0 atom stereocenters. The third-order valence-electron chi connectivity index (χ3n) is 3.00. The minimum atomic E-state index is -0.469. The van der Waals surface area contributed by atoms with Gasteiger partial charge in [0, 0.05) is 31.0 Å². The Balaban J connectivity index is 1.96. The van der Waals surface area contributed by atoms with E-state index in [0.29, 0.717) is 13.0 Å². The highest BCUT2D eigenvalue weighted by atomic mass is 16.2. The van der Waals surface area contributed by atoms with Gasteiger partial charge in [-0.25, -0.2) is 4.98 Å². The molecule has 0 aromatic carbocycles. The molecule has 2 heterocycles. The van der Waals surface area contributed by atoms with Crippen molar-refractivity contribution in [1.29, 1.82) is 0 Å². The molecule has 0 radical (unpaired) electrons. The topological polar surface area (TPSA) is 96.9 Å². The number of nitrogens with zero attached hydrogens (tertiary/aromatic N) is 2. The molecule has 0 saturated heterocycles. The molecule has 0 aliphatic heterocycles. The van der Waals surface area contributed by atoms with Gasteiger partial charge in [-0.3, -0.25) is 19.0 Å². The molecule has 0 unspecified atom stereocenters. The number of amides is 1. The van der Waals surface area contributed by atoms with Gasteiger partial charge in [0.25, 0.3) is 17.0 Å². The molecule has 2 aromatic rings. The molecule has 110 valence electrons. The van der Waals surface area contributed by atoms with Crippen LogP contribution in [0.4, 0.5) is 0 Å². The molecule has 7 nitrogen and oxygen atoms in total. The molecule has 0 fully saturated rings. The van der Waals surface area contributed by atoms with Crippen LogP contribution in [-0.2, 0) is 13.0 Å². The third kappa shape index (κ3) is 3.65. The maximum Gasteiger partial charge on any atom is 0.260 e. The van der Waals surface area contributed by atoms with E-state index in [2.05, 4.69) is 15.3 Å². The van der Waals surface area contributed by atoms with Crippen LogP contribution in [0.3, 0.4) is 0 Å². The summed E-state index contributed by atoms with van der Waals surface area (Å²) in [7, 11) is 0. The van der Waals surface area contributed by atoms with Crippen molar-refractivity contribution in [3.8, 4) is 0 Å². The third-order valence-corrected chi connectivity index (χ3v) is 3.00. The van der Waals surface area contributed by atoms with Crippen LogP contribution in [-0.4, -0.2) is 27.0 Å². The maximum absolute atomic E-state index is 11.8. The molecular weight excluding hydrogens is 272 g/mol. The standard InChI is InChI=1S/C14H16N4O3/c1-2-10-8-12(19)18(9-17-10)7-6-16-14(21)11-4-3-5-15-13(11)20/h3-5,8-9H,2,6-7H2,1H3,(H,15,20)(H,16,21). The van der Waals surface area contributed by atoms with Crippen molar-refractivity contribution in [2.45, 2.75) is 19.9 Å². The molecule has 0 bridgehead atoms. The highest BCUT2D eigenvalue weighted by molar-refractivity contribution is 5.93. The molecule has 2 rings (SSSR count). The van der Waals surface area contributed by atoms with Gasteiger partial charge in [0.2, 0.25) is 0 Å². The van der Waals surface area contributed by atoms with Gasteiger partial charge in [-0.2, -0.15) is 0 Å². The number of rotatable bonds is 5. The van der Waals surface area contributed by atoms with E-state index in [0.717, 1.165) is 5.69 Å². The van der Waals surface area contributed by atoms with Crippen molar-refractivity contribution in [3.63, 3.8) is 0 Å². The summed E-state index contributed by atoms with van der Waals surface area (Å²) in [5.74, 6) is -0.469. The summed E-state index contributed by atoms with van der Waals surface area (Å²) in [4.78, 5) is 41.6. The molecule has 0 saturated carbocycles. The van der Waals surface area contributed by atoms with Gasteiger partial charge in [0.15, 0.2) is 0 Å². The van der Waals surface area contributed by atoms with E-state index in [1.165, 1.54) is 29.2 Å². The minimum absolute atomic E-state index is 0.0457. The van der Waals surface area contributed by atoms with E-state index < -0.39 is 11.5 Å². The number of aromatic amines is 1. The second-order valence-corrected chi connectivity index (χ2v) is 4.43. The number of carbonyl (C=O) groups excluding carboxylic acids is 1. The molecule has 2 aromatic heterocycles. The van der Waals surface area contributed by atoms with Crippen LogP contribution in [0.2, 0.25) is 0 Å². The van der Waals surface area contributed by atoms with E-state index in [-0.39, 0.29) is 17.7 Å². The zero-order valence-corrected chi connectivity index (χ0v) is 11.6. The summed E-state index contributed by atoms with van der Waals surface area (Å²) >= 11 is 0. The first-order chi connectivity index (χ1) is 10.1.